The number of methoxy groups -OCH3 is 1. The lowest BCUT2D eigenvalue weighted by atomic mass is 9.92. The standard InChI is InChI=1S/C22H28FN3O2/c1-28-14-13-26(22(27)24-21-11-5-10-20(23)16-21)25-12-6-9-19(17-25)15-18-7-3-2-4-8-18/h2-5,7-8,10-11,16,19H,6,9,12-15,17H2,1H3,(H,24,27). The zero-order valence-electron chi connectivity index (χ0n) is 16.3. The van der Waals surface area contributed by atoms with Gasteiger partial charge in [-0.05, 0) is 48.9 Å². The van der Waals surface area contributed by atoms with E-state index >= 15 is 0 Å². The number of rotatable bonds is 7. The second kappa shape index (κ2) is 10.2. The molecule has 0 spiro atoms. The number of carbonyl (C=O) groups is 1. The molecule has 1 fully saturated rings. The van der Waals surface area contributed by atoms with Crippen molar-refractivity contribution in [1.29, 1.82) is 0 Å². The zero-order valence-corrected chi connectivity index (χ0v) is 16.3. The minimum Gasteiger partial charge on any atom is -0.383 e. The smallest absolute Gasteiger partial charge is 0.336 e. The van der Waals surface area contributed by atoms with Crippen LogP contribution in [-0.2, 0) is 11.2 Å². The van der Waals surface area contributed by atoms with Gasteiger partial charge in [0.2, 0.25) is 0 Å². The summed E-state index contributed by atoms with van der Waals surface area (Å²) >= 11 is 0. The van der Waals surface area contributed by atoms with E-state index in [-0.39, 0.29) is 11.8 Å². The topological polar surface area (TPSA) is 44.8 Å². The maximum atomic E-state index is 13.4. The fourth-order valence-electron chi connectivity index (χ4n) is 3.68. The molecule has 6 heteroatoms. The second-order valence-corrected chi connectivity index (χ2v) is 7.17. The molecule has 2 aromatic carbocycles. The Labute approximate surface area is 166 Å². The minimum absolute atomic E-state index is 0.261. The largest absolute Gasteiger partial charge is 0.383 e. The van der Waals surface area contributed by atoms with Gasteiger partial charge in [0.1, 0.15) is 5.82 Å². The van der Waals surface area contributed by atoms with Crippen molar-refractivity contribution in [3.05, 3.63) is 66.0 Å². The van der Waals surface area contributed by atoms with E-state index in [4.69, 9.17) is 4.74 Å². The summed E-state index contributed by atoms with van der Waals surface area (Å²) in [6, 6.07) is 16.1. The van der Waals surface area contributed by atoms with E-state index in [0.717, 1.165) is 32.4 Å². The minimum atomic E-state index is -0.373. The van der Waals surface area contributed by atoms with Gasteiger partial charge in [0, 0.05) is 25.9 Å². The number of urea groups is 1. The van der Waals surface area contributed by atoms with E-state index in [1.54, 1.807) is 24.3 Å². The fraction of sp³-hybridized carbons (Fsp3) is 0.409. The summed E-state index contributed by atoms with van der Waals surface area (Å²) in [5.74, 6) is 0.116. The predicted molar refractivity (Wildman–Crippen MR) is 108 cm³/mol. The number of hydrogen-bond acceptors (Lipinski definition) is 3. The van der Waals surface area contributed by atoms with Crippen LogP contribution in [0.5, 0.6) is 0 Å². The third-order valence-electron chi connectivity index (χ3n) is 5.02. The number of piperidine rings is 1. The summed E-state index contributed by atoms with van der Waals surface area (Å²) < 4.78 is 18.6. The highest BCUT2D eigenvalue weighted by Gasteiger charge is 2.27. The Morgan fingerprint density at radius 2 is 2.07 bits per heavy atom. The molecule has 1 saturated heterocycles. The van der Waals surface area contributed by atoms with Crippen LogP contribution in [0.25, 0.3) is 0 Å². The lowest BCUT2D eigenvalue weighted by Crippen LogP contribution is -2.53. The number of nitrogens with zero attached hydrogens (tertiary/aromatic N) is 2. The zero-order chi connectivity index (χ0) is 19.8. The fourth-order valence-corrected chi connectivity index (χ4v) is 3.68. The van der Waals surface area contributed by atoms with Crippen LogP contribution in [0.1, 0.15) is 18.4 Å². The number of anilines is 1. The molecular weight excluding hydrogens is 357 g/mol. The van der Waals surface area contributed by atoms with Crippen molar-refractivity contribution < 1.29 is 13.9 Å². The Kier molecular flexibility index (Phi) is 7.39. The Bertz CT molecular complexity index is 756. The SMILES string of the molecule is COCCN(C(=O)Nc1cccc(F)c1)N1CCCC(Cc2ccccc2)C1. The molecule has 1 N–H and O–H groups in total. The molecule has 2 amide bonds. The summed E-state index contributed by atoms with van der Waals surface area (Å²) in [4.78, 5) is 12.9. The average Bonchev–Trinajstić information content (AvgIpc) is 2.69. The van der Waals surface area contributed by atoms with Crippen molar-refractivity contribution in [2.75, 3.05) is 38.7 Å². The Hall–Kier alpha value is -2.44. The van der Waals surface area contributed by atoms with E-state index < -0.39 is 0 Å². The quantitative estimate of drug-likeness (QED) is 0.778. The van der Waals surface area contributed by atoms with Crippen LogP contribution < -0.4 is 5.32 Å². The highest BCUT2D eigenvalue weighted by Crippen LogP contribution is 2.22. The van der Waals surface area contributed by atoms with Gasteiger partial charge in [0.05, 0.1) is 13.2 Å². The van der Waals surface area contributed by atoms with E-state index in [1.807, 2.05) is 6.07 Å². The predicted octanol–water partition coefficient (Wildman–Crippen LogP) is 4.18. The molecule has 1 heterocycles. The molecule has 1 atom stereocenters. The normalized spacial score (nSPS) is 17.3. The molecule has 2 aromatic rings. The van der Waals surface area contributed by atoms with Crippen LogP contribution in [0, 0.1) is 11.7 Å². The first-order valence-electron chi connectivity index (χ1n) is 9.77. The first-order chi connectivity index (χ1) is 13.7. The number of benzene rings is 2. The summed E-state index contributed by atoms with van der Waals surface area (Å²) in [6.07, 6.45) is 3.18. The van der Waals surface area contributed by atoms with Crippen molar-refractivity contribution in [2.24, 2.45) is 5.92 Å². The van der Waals surface area contributed by atoms with Crippen molar-refractivity contribution >= 4 is 11.7 Å². The van der Waals surface area contributed by atoms with Crippen LogP contribution in [0.3, 0.4) is 0 Å². The Morgan fingerprint density at radius 1 is 1.25 bits per heavy atom. The first-order valence-corrected chi connectivity index (χ1v) is 9.77. The molecule has 0 saturated carbocycles. The number of amides is 2. The molecule has 1 aliphatic rings. The maximum absolute atomic E-state index is 13.4. The summed E-state index contributed by atoms with van der Waals surface area (Å²) in [6.45, 7) is 2.53. The summed E-state index contributed by atoms with van der Waals surface area (Å²) in [5.41, 5.74) is 1.77. The van der Waals surface area contributed by atoms with Crippen LogP contribution in [0.2, 0.25) is 0 Å². The summed E-state index contributed by atoms with van der Waals surface area (Å²) in [5, 5.41) is 6.61. The van der Waals surface area contributed by atoms with Crippen LogP contribution in [0.15, 0.2) is 54.6 Å². The van der Waals surface area contributed by atoms with Gasteiger partial charge in [0.15, 0.2) is 0 Å². The van der Waals surface area contributed by atoms with E-state index in [9.17, 15) is 9.18 Å². The molecule has 1 unspecified atom stereocenters. The Balaban J connectivity index is 1.66. The average molecular weight is 385 g/mol. The first kappa shape index (κ1) is 20.3. The van der Waals surface area contributed by atoms with Gasteiger partial charge in [-0.15, -0.1) is 0 Å². The van der Waals surface area contributed by atoms with Gasteiger partial charge in [-0.2, -0.15) is 0 Å². The molecule has 5 nitrogen and oxygen atoms in total. The molecule has 0 aliphatic carbocycles. The highest BCUT2D eigenvalue weighted by molar-refractivity contribution is 5.88. The third kappa shape index (κ3) is 5.78. The molecule has 3 rings (SSSR count). The lowest BCUT2D eigenvalue weighted by molar-refractivity contribution is -0.0266. The lowest BCUT2D eigenvalue weighted by Gasteiger charge is -2.40. The van der Waals surface area contributed by atoms with Crippen LogP contribution in [-0.4, -0.2) is 49.4 Å². The Morgan fingerprint density at radius 3 is 2.82 bits per heavy atom. The van der Waals surface area contributed by atoms with Gasteiger partial charge in [-0.1, -0.05) is 36.4 Å². The van der Waals surface area contributed by atoms with E-state index in [1.165, 1.54) is 17.7 Å². The highest BCUT2D eigenvalue weighted by atomic mass is 19.1. The van der Waals surface area contributed by atoms with Crippen molar-refractivity contribution in [1.82, 2.24) is 10.0 Å². The van der Waals surface area contributed by atoms with E-state index in [0.29, 0.717) is 24.8 Å². The molecule has 1 aliphatic heterocycles. The van der Waals surface area contributed by atoms with Gasteiger partial charge >= 0.3 is 6.03 Å². The number of carbonyl (C=O) groups excluding carboxylic acids is 1. The molecule has 150 valence electrons. The van der Waals surface area contributed by atoms with Gasteiger partial charge in [0.25, 0.3) is 0 Å². The van der Waals surface area contributed by atoms with Gasteiger partial charge in [-0.3, -0.25) is 5.01 Å². The maximum Gasteiger partial charge on any atom is 0.336 e. The molecule has 0 bridgehead atoms. The molecular formula is C22H28FN3O2. The summed E-state index contributed by atoms with van der Waals surface area (Å²) in [7, 11) is 1.62. The number of ether oxygens (including phenoxy) is 1. The second-order valence-electron chi connectivity index (χ2n) is 7.17. The monoisotopic (exact) mass is 385 g/mol. The molecule has 0 radical (unpaired) electrons. The van der Waals surface area contributed by atoms with Crippen molar-refractivity contribution in [2.45, 2.75) is 19.3 Å². The van der Waals surface area contributed by atoms with Crippen LogP contribution in [0.4, 0.5) is 14.9 Å². The number of hydrazine groups is 1. The number of halogens is 1. The van der Waals surface area contributed by atoms with Gasteiger partial charge in [-0.25, -0.2) is 14.2 Å². The van der Waals surface area contributed by atoms with Crippen molar-refractivity contribution in [3.63, 3.8) is 0 Å². The van der Waals surface area contributed by atoms with Crippen molar-refractivity contribution in [3.8, 4) is 0 Å². The number of hydrogen-bond donors (Lipinski definition) is 1. The van der Waals surface area contributed by atoms with Crippen LogP contribution >= 0.6 is 0 Å². The molecule has 0 aromatic heterocycles. The van der Waals surface area contributed by atoms with Gasteiger partial charge < -0.3 is 10.1 Å². The van der Waals surface area contributed by atoms with E-state index in [2.05, 4.69) is 34.6 Å². The molecule has 28 heavy (non-hydrogen) atoms. The number of nitrogens with one attached hydrogen (secondary N) is 1. The third-order valence-corrected chi connectivity index (χ3v) is 5.02.